The van der Waals surface area contributed by atoms with Crippen LogP contribution in [0, 0.1) is 5.82 Å². The Morgan fingerprint density at radius 1 is 1.05 bits per heavy atom. The van der Waals surface area contributed by atoms with Gasteiger partial charge in [0.1, 0.15) is 11.2 Å². The highest BCUT2D eigenvalue weighted by Crippen LogP contribution is 2.36. The van der Waals surface area contributed by atoms with E-state index in [0.717, 1.165) is 10.5 Å². The summed E-state index contributed by atoms with van der Waals surface area (Å²) >= 11 is 7.57. The first-order valence-corrected chi connectivity index (χ1v) is 7.63. The molecule has 0 fully saturated rings. The Morgan fingerprint density at radius 2 is 1.76 bits per heavy atom. The molecule has 0 spiro atoms. The van der Waals surface area contributed by atoms with E-state index in [1.54, 1.807) is 36.4 Å². The number of aromatic nitrogens is 2. The predicted molar refractivity (Wildman–Crippen MR) is 84.1 cm³/mol. The number of imidazole rings is 1. The number of hydrogen-bond donors (Lipinski definition) is 0. The van der Waals surface area contributed by atoms with Gasteiger partial charge in [-0.2, -0.15) is 0 Å². The Bertz CT molecular complexity index is 696. The molecule has 0 N–H and O–H groups in total. The molecule has 0 aliphatic heterocycles. The van der Waals surface area contributed by atoms with E-state index in [-0.39, 0.29) is 11.2 Å². The number of thioether (sulfide) groups is 1. The molecule has 0 radical (unpaired) electrons. The summed E-state index contributed by atoms with van der Waals surface area (Å²) in [6.45, 7) is 0. The Hall–Kier alpha value is -1.78. The number of benzene rings is 2. The van der Waals surface area contributed by atoms with Crippen molar-refractivity contribution >= 4 is 23.4 Å². The maximum absolute atomic E-state index is 13.1. The van der Waals surface area contributed by atoms with Gasteiger partial charge < -0.3 is 4.57 Å². The molecule has 1 unspecified atom stereocenters. The normalized spacial score (nSPS) is 12.3. The van der Waals surface area contributed by atoms with Crippen LogP contribution in [0.2, 0.25) is 5.02 Å². The van der Waals surface area contributed by atoms with Gasteiger partial charge in [0.15, 0.2) is 0 Å². The molecule has 0 amide bonds. The summed E-state index contributed by atoms with van der Waals surface area (Å²) in [5.41, 5.74) is 1.01. The third kappa shape index (κ3) is 3.46. The highest BCUT2D eigenvalue weighted by Gasteiger charge is 2.15. The first kappa shape index (κ1) is 14.2. The van der Waals surface area contributed by atoms with E-state index in [9.17, 15) is 4.39 Å². The smallest absolute Gasteiger partial charge is 0.123 e. The van der Waals surface area contributed by atoms with Gasteiger partial charge in [0, 0.05) is 22.3 Å². The highest BCUT2D eigenvalue weighted by atomic mass is 35.5. The fourth-order valence-corrected chi connectivity index (χ4v) is 3.20. The van der Waals surface area contributed by atoms with E-state index >= 15 is 0 Å². The standard InChI is InChI=1S/C16H12ClFN2S/c17-13-3-7-15(8-4-13)21-16(20-10-9-19-11-20)12-1-5-14(18)6-2-12/h1-11,16H. The predicted octanol–water partition coefficient (Wildman–Crippen LogP) is 5.01. The zero-order valence-electron chi connectivity index (χ0n) is 11.0. The molecule has 21 heavy (non-hydrogen) atoms. The van der Waals surface area contributed by atoms with Crippen LogP contribution in [-0.4, -0.2) is 9.55 Å². The molecule has 2 nitrogen and oxygen atoms in total. The first-order chi connectivity index (χ1) is 10.2. The Morgan fingerprint density at radius 3 is 2.38 bits per heavy atom. The maximum Gasteiger partial charge on any atom is 0.123 e. The molecule has 0 saturated carbocycles. The molecule has 0 saturated heterocycles. The number of halogens is 2. The fraction of sp³-hybridized carbons (Fsp3) is 0.0625. The van der Waals surface area contributed by atoms with Gasteiger partial charge in [-0.3, -0.25) is 0 Å². The maximum atomic E-state index is 13.1. The van der Waals surface area contributed by atoms with Crippen molar-refractivity contribution in [2.45, 2.75) is 10.3 Å². The average molecular weight is 319 g/mol. The minimum absolute atomic E-state index is 0.00530. The molecule has 1 heterocycles. The zero-order valence-corrected chi connectivity index (χ0v) is 12.6. The second kappa shape index (κ2) is 6.33. The lowest BCUT2D eigenvalue weighted by atomic mass is 10.2. The van der Waals surface area contributed by atoms with Crippen molar-refractivity contribution < 1.29 is 4.39 Å². The van der Waals surface area contributed by atoms with E-state index in [1.165, 1.54) is 12.1 Å². The average Bonchev–Trinajstić information content (AvgIpc) is 3.02. The second-order valence-corrected chi connectivity index (χ2v) is 6.08. The van der Waals surface area contributed by atoms with Gasteiger partial charge in [0.25, 0.3) is 0 Å². The van der Waals surface area contributed by atoms with Gasteiger partial charge in [0.2, 0.25) is 0 Å². The van der Waals surface area contributed by atoms with Gasteiger partial charge in [-0.25, -0.2) is 9.37 Å². The van der Waals surface area contributed by atoms with Crippen LogP contribution in [0.4, 0.5) is 4.39 Å². The third-order valence-electron chi connectivity index (χ3n) is 3.01. The van der Waals surface area contributed by atoms with Gasteiger partial charge in [-0.1, -0.05) is 35.5 Å². The van der Waals surface area contributed by atoms with Crippen molar-refractivity contribution in [3.63, 3.8) is 0 Å². The number of hydrogen-bond acceptors (Lipinski definition) is 2. The molecule has 3 aromatic rings. The van der Waals surface area contributed by atoms with Gasteiger partial charge in [-0.15, -0.1) is 0 Å². The minimum Gasteiger partial charge on any atom is -0.320 e. The molecule has 0 aliphatic rings. The molecule has 1 aromatic heterocycles. The quantitative estimate of drug-likeness (QED) is 0.629. The first-order valence-electron chi connectivity index (χ1n) is 6.37. The van der Waals surface area contributed by atoms with Gasteiger partial charge in [-0.05, 0) is 42.0 Å². The minimum atomic E-state index is -0.236. The van der Waals surface area contributed by atoms with Gasteiger partial charge >= 0.3 is 0 Å². The van der Waals surface area contributed by atoms with E-state index in [2.05, 4.69) is 4.98 Å². The Kier molecular flexibility index (Phi) is 4.27. The van der Waals surface area contributed by atoms with Crippen molar-refractivity contribution in [2.24, 2.45) is 0 Å². The SMILES string of the molecule is Fc1ccc(C(Sc2ccc(Cl)cc2)n2ccnc2)cc1. The summed E-state index contributed by atoms with van der Waals surface area (Å²) in [6, 6.07) is 14.2. The monoisotopic (exact) mass is 318 g/mol. The van der Waals surface area contributed by atoms with Crippen LogP contribution in [-0.2, 0) is 0 Å². The molecule has 2 aromatic carbocycles. The topological polar surface area (TPSA) is 17.8 Å². The van der Waals surface area contributed by atoms with Crippen LogP contribution in [0.15, 0.2) is 72.1 Å². The van der Waals surface area contributed by atoms with E-state index in [1.807, 2.05) is 35.0 Å². The van der Waals surface area contributed by atoms with Crippen molar-refractivity contribution in [3.05, 3.63) is 83.7 Å². The van der Waals surface area contributed by atoms with E-state index in [0.29, 0.717) is 5.02 Å². The summed E-state index contributed by atoms with van der Waals surface area (Å²) in [5.74, 6) is -0.236. The van der Waals surface area contributed by atoms with Crippen LogP contribution >= 0.6 is 23.4 Å². The zero-order chi connectivity index (χ0) is 14.7. The van der Waals surface area contributed by atoms with Crippen LogP contribution in [0.25, 0.3) is 0 Å². The lowest BCUT2D eigenvalue weighted by Crippen LogP contribution is -2.04. The molecule has 1 atom stereocenters. The molecule has 5 heteroatoms. The number of nitrogens with zero attached hydrogens (tertiary/aromatic N) is 2. The van der Waals surface area contributed by atoms with Gasteiger partial charge in [0.05, 0.1) is 6.33 Å². The Balaban J connectivity index is 1.93. The van der Waals surface area contributed by atoms with Crippen LogP contribution in [0.3, 0.4) is 0 Å². The summed E-state index contributed by atoms with van der Waals surface area (Å²) in [5, 5.41) is 0.703. The van der Waals surface area contributed by atoms with E-state index in [4.69, 9.17) is 11.6 Å². The van der Waals surface area contributed by atoms with E-state index < -0.39 is 0 Å². The molecule has 3 rings (SSSR count). The molecule has 0 bridgehead atoms. The van der Waals surface area contributed by atoms with Crippen molar-refractivity contribution in [3.8, 4) is 0 Å². The summed E-state index contributed by atoms with van der Waals surface area (Å²) in [4.78, 5) is 5.18. The lowest BCUT2D eigenvalue weighted by molar-refractivity contribution is 0.626. The second-order valence-electron chi connectivity index (χ2n) is 4.49. The third-order valence-corrected chi connectivity index (χ3v) is 4.55. The molecular formula is C16H12ClFN2S. The van der Waals surface area contributed by atoms with Crippen molar-refractivity contribution in [2.75, 3.05) is 0 Å². The van der Waals surface area contributed by atoms with Crippen LogP contribution in [0.5, 0.6) is 0 Å². The van der Waals surface area contributed by atoms with Crippen molar-refractivity contribution in [1.82, 2.24) is 9.55 Å². The summed E-state index contributed by atoms with van der Waals surface area (Å²) in [7, 11) is 0. The molecular weight excluding hydrogens is 307 g/mol. The van der Waals surface area contributed by atoms with Crippen LogP contribution in [0.1, 0.15) is 10.9 Å². The van der Waals surface area contributed by atoms with Crippen molar-refractivity contribution in [1.29, 1.82) is 0 Å². The summed E-state index contributed by atoms with van der Waals surface area (Å²) in [6.07, 6.45) is 5.40. The fourth-order valence-electron chi connectivity index (χ4n) is 1.98. The highest BCUT2D eigenvalue weighted by molar-refractivity contribution is 7.99. The van der Waals surface area contributed by atoms with Crippen LogP contribution < -0.4 is 0 Å². The largest absolute Gasteiger partial charge is 0.320 e. The summed E-state index contributed by atoms with van der Waals surface area (Å²) < 4.78 is 15.1. The lowest BCUT2D eigenvalue weighted by Gasteiger charge is -2.18. The number of rotatable bonds is 4. The molecule has 106 valence electrons. The molecule has 0 aliphatic carbocycles. The Labute approximate surface area is 131 Å².